The molecule has 0 bridgehead atoms. The molecule has 3 rings (SSSR count). The van der Waals surface area contributed by atoms with Crippen LogP contribution in [-0.2, 0) is 30.9 Å². The molecule has 0 fully saturated rings. The number of nitrogens with zero attached hydrogens (tertiary/aromatic N) is 2. The molecular formula is C20H21N3O5S. The highest BCUT2D eigenvalue weighted by Crippen LogP contribution is 2.26. The van der Waals surface area contributed by atoms with Crippen molar-refractivity contribution in [2.75, 3.05) is 20.2 Å². The summed E-state index contributed by atoms with van der Waals surface area (Å²) in [4.78, 5) is 25.5. The van der Waals surface area contributed by atoms with E-state index in [9.17, 15) is 18.0 Å². The second-order valence-electron chi connectivity index (χ2n) is 6.61. The summed E-state index contributed by atoms with van der Waals surface area (Å²) in [5.41, 5.74) is 2.46. The number of esters is 1. The van der Waals surface area contributed by atoms with E-state index in [4.69, 9.17) is 4.74 Å². The summed E-state index contributed by atoms with van der Waals surface area (Å²) < 4.78 is 32.9. The first-order valence-corrected chi connectivity index (χ1v) is 10.3. The van der Waals surface area contributed by atoms with E-state index >= 15 is 0 Å². The number of sulfonamides is 1. The molecule has 0 spiro atoms. The number of carbonyl (C=O) groups is 2. The molecule has 1 aliphatic rings. The van der Waals surface area contributed by atoms with Crippen LogP contribution in [0.1, 0.15) is 16.7 Å². The highest BCUT2D eigenvalue weighted by atomic mass is 32.2. The van der Waals surface area contributed by atoms with Gasteiger partial charge >= 0.3 is 5.97 Å². The average Bonchev–Trinajstić information content (AvgIpc) is 2.97. The Morgan fingerprint density at radius 1 is 1.10 bits per heavy atom. The lowest BCUT2D eigenvalue weighted by molar-refractivity contribution is -0.148. The number of amidine groups is 1. The number of hydrogen-bond donors (Lipinski definition) is 1. The second kappa shape index (κ2) is 8.44. The van der Waals surface area contributed by atoms with Crippen LogP contribution in [0.3, 0.4) is 0 Å². The molecule has 0 radical (unpaired) electrons. The Labute approximate surface area is 169 Å². The Bertz CT molecular complexity index is 1080. The van der Waals surface area contributed by atoms with Gasteiger partial charge in [0.05, 0.1) is 0 Å². The Hall–Kier alpha value is -3.20. The lowest BCUT2D eigenvalue weighted by Crippen LogP contribution is -2.35. The number of ether oxygens (including phenoxy) is 1. The maximum absolute atomic E-state index is 12.1. The number of rotatable bonds is 6. The summed E-state index contributed by atoms with van der Waals surface area (Å²) in [6, 6.07) is 14.0. The number of likely N-dealkylation sites (N-methyl/N-ethyl adjacent to an activating group) is 1. The van der Waals surface area contributed by atoms with Crippen LogP contribution in [0.25, 0.3) is 0 Å². The minimum atomic E-state index is -3.77. The zero-order chi connectivity index (χ0) is 21.0. The van der Waals surface area contributed by atoms with Crippen LogP contribution in [0.15, 0.2) is 57.8 Å². The van der Waals surface area contributed by atoms with E-state index in [-0.39, 0.29) is 17.3 Å². The van der Waals surface area contributed by atoms with E-state index in [1.807, 2.05) is 31.2 Å². The van der Waals surface area contributed by atoms with Crippen LogP contribution in [0.5, 0.6) is 0 Å². The molecule has 1 aliphatic heterocycles. The fourth-order valence-electron chi connectivity index (χ4n) is 2.88. The maximum Gasteiger partial charge on any atom is 0.326 e. The quantitative estimate of drug-likeness (QED) is 0.712. The Morgan fingerprint density at radius 2 is 1.79 bits per heavy atom. The molecule has 0 atom stereocenters. The van der Waals surface area contributed by atoms with E-state index in [1.165, 1.54) is 18.0 Å². The number of benzene rings is 2. The number of fused-ring (bicyclic) bond motifs is 1. The summed E-state index contributed by atoms with van der Waals surface area (Å²) in [6.07, 6.45) is 0. The second-order valence-corrected chi connectivity index (χ2v) is 8.18. The minimum absolute atomic E-state index is 0.103. The van der Waals surface area contributed by atoms with Crippen LogP contribution in [-0.4, -0.2) is 51.2 Å². The predicted molar refractivity (Wildman–Crippen MR) is 107 cm³/mol. The highest BCUT2D eigenvalue weighted by Gasteiger charge is 2.31. The normalized spacial score (nSPS) is 13.9. The third-order valence-electron chi connectivity index (χ3n) is 4.44. The highest BCUT2D eigenvalue weighted by molar-refractivity contribution is 7.90. The Balaban J connectivity index is 1.51. The molecule has 0 aliphatic carbocycles. The number of nitrogens with one attached hydrogen (secondary N) is 1. The van der Waals surface area contributed by atoms with E-state index in [0.29, 0.717) is 12.1 Å². The molecule has 1 N–H and O–H groups in total. The van der Waals surface area contributed by atoms with Gasteiger partial charge in [-0.3, -0.25) is 9.59 Å². The smallest absolute Gasteiger partial charge is 0.326 e. The standard InChI is InChI=1S/C20H21N3O5S/c1-14-7-3-4-8-15(14)11-21-18(24)13-28-19(25)12-23(2)20-16-9-5-6-10-17(16)29(26,27)22-20/h3-10H,11-13H2,1-2H3,(H,21,24). The molecule has 0 aromatic heterocycles. The van der Waals surface area contributed by atoms with E-state index < -0.39 is 28.5 Å². The molecule has 0 saturated heterocycles. The first kappa shape index (κ1) is 20.5. The number of amides is 1. The molecule has 8 nitrogen and oxygen atoms in total. The van der Waals surface area contributed by atoms with Crippen LogP contribution in [0, 0.1) is 6.92 Å². The largest absolute Gasteiger partial charge is 0.454 e. The van der Waals surface area contributed by atoms with Gasteiger partial charge < -0.3 is 15.0 Å². The molecule has 2 aromatic rings. The molecular weight excluding hydrogens is 394 g/mol. The van der Waals surface area contributed by atoms with Crippen molar-refractivity contribution in [1.82, 2.24) is 10.2 Å². The summed E-state index contributed by atoms with van der Waals surface area (Å²) in [5.74, 6) is -0.917. The van der Waals surface area contributed by atoms with Gasteiger partial charge in [0.2, 0.25) is 0 Å². The first-order chi connectivity index (χ1) is 13.8. The summed E-state index contributed by atoms with van der Waals surface area (Å²) in [7, 11) is -2.23. The molecule has 1 amide bonds. The lowest BCUT2D eigenvalue weighted by Gasteiger charge is -2.17. The van der Waals surface area contributed by atoms with Gasteiger partial charge in [-0.25, -0.2) is 0 Å². The van der Waals surface area contributed by atoms with Crippen LogP contribution < -0.4 is 5.32 Å². The number of carbonyl (C=O) groups excluding carboxylic acids is 2. The molecule has 0 unspecified atom stereocenters. The topological polar surface area (TPSA) is 105 Å². The van der Waals surface area contributed by atoms with Gasteiger partial charge in [0.15, 0.2) is 12.4 Å². The number of hydrogen-bond acceptors (Lipinski definition) is 6. The van der Waals surface area contributed by atoms with Gasteiger partial charge in [-0.05, 0) is 30.2 Å². The van der Waals surface area contributed by atoms with Gasteiger partial charge in [0, 0.05) is 19.2 Å². The van der Waals surface area contributed by atoms with Crippen molar-refractivity contribution in [3.8, 4) is 0 Å². The van der Waals surface area contributed by atoms with Crippen molar-refractivity contribution >= 4 is 27.7 Å². The SMILES string of the molecule is Cc1ccccc1CNC(=O)COC(=O)CN(C)C1=NS(=O)(=O)c2ccccc21. The van der Waals surface area contributed by atoms with Gasteiger partial charge in [-0.1, -0.05) is 36.4 Å². The van der Waals surface area contributed by atoms with Gasteiger partial charge in [0.25, 0.3) is 15.9 Å². The van der Waals surface area contributed by atoms with Crippen molar-refractivity contribution in [2.24, 2.45) is 4.40 Å². The third-order valence-corrected chi connectivity index (χ3v) is 5.77. The lowest BCUT2D eigenvalue weighted by atomic mass is 10.1. The summed E-state index contributed by atoms with van der Waals surface area (Å²) in [5, 5.41) is 2.69. The average molecular weight is 415 g/mol. The van der Waals surface area contributed by atoms with Crippen molar-refractivity contribution in [3.05, 3.63) is 65.2 Å². The van der Waals surface area contributed by atoms with Crippen molar-refractivity contribution in [1.29, 1.82) is 0 Å². The Kier molecular flexibility index (Phi) is 5.97. The van der Waals surface area contributed by atoms with Crippen LogP contribution in [0.4, 0.5) is 0 Å². The minimum Gasteiger partial charge on any atom is -0.454 e. The van der Waals surface area contributed by atoms with Gasteiger partial charge in [-0.15, -0.1) is 4.40 Å². The van der Waals surface area contributed by atoms with Gasteiger partial charge in [0.1, 0.15) is 11.4 Å². The fraction of sp³-hybridized carbons (Fsp3) is 0.250. The van der Waals surface area contributed by atoms with Crippen molar-refractivity contribution in [2.45, 2.75) is 18.4 Å². The molecule has 1 heterocycles. The van der Waals surface area contributed by atoms with E-state index in [1.54, 1.807) is 18.2 Å². The molecule has 0 saturated carbocycles. The Morgan fingerprint density at radius 3 is 2.55 bits per heavy atom. The first-order valence-electron chi connectivity index (χ1n) is 8.90. The van der Waals surface area contributed by atoms with Crippen LogP contribution in [0.2, 0.25) is 0 Å². The van der Waals surface area contributed by atoms with Crippen LogP contribution >= 0.6 is 0 Å². The summed E-state index contributed by atoms with van der Waals surface area (Å²) in [6.45, 7) is 1.63. The molecule has 9 heteroatoms. The summed E-state index contributed by atoms with van der Waals surface area (Å²) >= 11 is 0. The van der Waals surface area contributed by atoms with E-state index in [0.717, 1.165) is 11.1 Å². The zero-order valence-corrected chi connectivity index (χ0v) is 16.9. The number of aryl methyl sites for hydroxylation is 1. The maximum atomic E-state index is 12.1. The molecule has 2 aromatic carbocycles. The van der Waals surface area contributed by atoms with Gasteiger partial charge in [-0.2, -0.15) is 8.42 Å². The predicted octanol–water partition coefficient (Wildman–Crippen LogP) is 1.24. The molecule has 152 valence electrons. The van der Waals surface area contributed by atoms with Crippen molar-refractivity contribution in [3.63, 3.8) is 0 Å². The zero-order valence-electron chi connectivity index (χ0n) is 16.1. The fourth-order valence-corrected chi connectivity index (χ4v) is 4.13. The van der Waals surface area contributed by atoms with Crippen molar-refractivity contribution < 1.29 is 22.7 Å². The monoisotopic (exact) mass is 415 g/mol. The molecule has 29 heavy (non-hydrogen) atoms. The third kappa shape index (κ3) is 4.80. The van der Waals surface area contributed by atoms with E-state index in [2.05, 4.69) is 9.71 Å².